The summed E-state index contributed by atoms with van der Waals surface area (Å²) in [6, 6.07) is 0. The predicted molar refractivity (Wildman–Crippen MR) is 83.4 cm³/mol. The maximum absolute atomic E-state index is 5.92. The summed E-state index contributed by atoms with van der Waals surface area (Å²) in [5.74, 6) is 0.647. The Morgan fingerprint density at radius 2 is 2.25 bits per heavy atom. The van der Waals surface area contributed by atoms with Crippen LogP contribution in [0.3, 0.4) is 0 Å². The number of dihydropyridines is 1. The van der Waals surface area contributed by atoms with Crippen molar-refractivity contribution in [2.75, 3.05) is 26.4 Å². The maximum atomic E-state index is 5.92. The molecule has 0 radical (unpaired) electrons. The third-order valence-electron chi connectivity index (χ3n) is 3.92. The summed E-state index contributed by atoms with van der Waals surface area (Å²) in [5, 5.41) is 0. The number of ether oxygens (including phenoxy) is 2. The van der Waals surface area contributed by atoms with Gasteiger partial charge in [-0.2, -0.15) is 0 Å². The number of unbranched alkanes of at least 4 members (excludes halogenated alkanes) is 1. The first-order chi connectivity index (χ1) is 9.72. The standard InChI is InChI=1S/C17H27NO2/c1-3-4-11-20-17(2)10-7-16(18-14-17)6-5-15-8-12-19-13-9-15/h5-7,10,15H,3-4,8-9,11-14H2,1-2H3/b6-5-. The van der Waals surface area contributed by atoms with Crippen molar-refractivity contribution in [3.8, 4) is 0 Å². The third kappa shape index (κ3) is 4.88. The number of nitrogens with zero attached hydrogens (tertiary/aromatic N) is 1. The zero-order valence-electron chi connectivity index (χ0n) is 12.8. The lowest BCUT2D eigenvalue weighted by atomic mass is 9.98. The van der Waals surface area contributed by atoms with Crippen LogP contribution in [0.1, 0.15) is 39.5 Å². The van der Waals surface area contributed by atoms with Gasteiger partial charge >= 0.3 is 0 Å². The van der Waals surface area contributed by atoms with Crippen LogP contribution in [0.2, 0.25) is 0 Å². The molecule has 3 heteroatoms. The Hall–Kier alpha value is -0.930. The zero-order valence-corrected chi connectivity index (χ0v) is 12.8. The molecule has 0 aromatic carbocycles. The van der Waals surface area contributed by atoms with Gasteiger partial charge in [0.25, 0.3) is 0 Å². The summed E-state index contributed by atoms with van der Waals surface area (Å²) in [6.45, 7) is 7.61. The van der Waals surface area contributed by atoms with Crippen molar-refractivity contribution in [3.05, 3.63) is 24.3 Å². The molecule has 0 aliphatic carbocycles. The Morgan fingerprint density at radius 3 is 2.90 bits per heavy atom. The summed E-state index contributed by atoms with van der Waals surface area (Å²) in [6.07, 6.45) is 13.2. The number of aliphatic imine (C=N–C) groups is 1. The molecule has 2 heterocycles. The second-order valence-corrected chi connectivity index (χ2v) is 5.90. The molecule has 1 saturated heterocycles. The van der Waals surface area contributed by atoms with E-state index in [4.69, 9.17) is 9.47 Å². The molecule has 2 rings (SSSR count). The largest absolute Gasteiger partial charge is 0.381 e. The van der Waals surface area contributed by atoms with Crippen LogP contribution in [0, 0.1) is 5.92 Å². The van der Waals surface area contributed by atoms with Crippen molar-refractivity contribution in [2.24, 2.45) is 10.9 Å². The van der Waals surface area contributed by atoms with Crippen molar-refractivity contribution < 1.29 is 9.47 Å². The van der Waals surface area contributed by atoms with Gasteiger partial charge in [-0.3, -0.25) is 4.99 Å². The Bertz CT molecular complexity index is 380. The van der Waals surface area contributed by atoms with Gasteiger partial charge in [-0.25, -0.2) is 0 Å². The van der Waals surface area contributed by atoms with Crippen LogP contribution in [-0.4, -0.2) is 37.7 Å². The van der Waals surface area contributed by atoms with Crippen LogP contribution in [-0.2, 0) is 9.47 Å². The fraction of sp³-hybridized carbons (Fsp3) is 0.706. The minimum atomic E-state index is -0.217. The number of rotatable bonds is 6. The predicted octanol–water partition coefficient (Wildman–Crippen LogP) is 3.56. The highest BCUT2D eigenvalue weighted by Gasteiger charge is 2.23. The second-order valence-electron chi connectivity index (χ2n) is 5.90. The van der Waals surface area contributed by atoms with E-state index in [1.165, 1.54) is 6.42 Å². The van der Waals surface area contributed by atoms with Gasteiger partial charge in [0.2, 0.25) is 0 Å². The fourth-order valence-corrected chi connectivity index (χ4v) is 2.41. The van der Waals surface area contributed by atoms with E-state index < -0.39 is 0 Å². The van der Waals surface area contributed by atoms with Crippen LogP contribution in [0.5, 0.6) is 0 Å². The zero-order chi connectivity index (χ0) is 14.3. The summed E-state index contributed by atoms with van der Waals surface area (Å²) in [5.41, 5.74) is 0.846. The van der Waals surface area contributed by atoms with E-state index in [0.29, 0.717) is 5.92 Å². The summed E-state index contributed by atoms with van der Waals surface area (Å²) >= 11 is 0. The average molecular weight is 277 g/mol. The number of hydrogen-bond donors (Lipinski definition) is 0. The van der Waals surface area contributed by atoms with E-state index in [1.807, 2.05) is 0 Å². The van der Waals surface area contributed by atoms with Crippen LogP contribution in [0.4, 0.5) is 0 Å². The first-order valence-corrected chi connectivity index (χ1v) is 7.85. The van der Waals surface area contributed by atoms with Gasteiger partial charge in [0.1, 0.15) is 5.60 Å². The Morgan fingerprint density at radius 1 is 1.45 bits per heavy atom. The fourth-order valence-electron chi connectivity index (χ4n) is 2.41. The Balaban J connectivity index is 1.80. The summed E-state index contributed by atoms with van der Waals surface area (Å²) in [7, 11) is 0. The van der Waals surface area contributed by atoms with E-state index in [2.05, 4.69) is 43.1 Å². The smallest absolute Gasteiger partial charge is 0.103 e. The molecule has 1 atom stereocenters. The third-order valence-corrected chi connectivity index (χ3v) is 3.92. The van der Waals surface area contributed by atoms with E-state index in [1.54, 1.807) is 0 Å². The van der Waals surface area contributed by atoms with Crippen molar-refractivity contribution in [3.63, 3.8) is 0 Å². The van der Waals surface area contributed by atoms with Crippen LogP contribution in [0.15, 0.2) is 29.3 Å². The lowest BCUT2D eigenvalue weighted by Gasteiger charge is -2.27. The second kappa shape index (κ2) is 7.75. The first kappa shape index (κ1) is 15.5. The molecule has 0 N–H and O–H groups in total. The van der Waals surface area contributed by atoms with Crippen LogP contribution in [0.25, 0.3) is 0 Å². The van der Waals surface area contributed by atoms with E-state index >= 15 is 0 Å². The molecule has 1 fully saturated rings. The summed E-state index contributed by atoms with van der Waals surface area (Å²) in [4.78, 5) is 4.63. The molecule has 20 heavy (non-hydrogen) atoms. The van der Waals surface area contributed by atoms with Gasteiger partial charge in [-0.15, -0.1) is 0 Å². The molecule has 0 aromatic rings. The highest BCUT2D eigenvalue weighted by Crippen LogP contribution is 2.19. The molecule has 2 aliphatic rings. The number of hydrogen-bond acceptors (Lipinski definition) is 3. The van der Waals surface area contributed by atoms with Gasteiger partial charge in [0, 0.05) is 19.8 Å². The van der Waals surface area contributed by atoms with Crippen molar-refractivity contribution in [2.45, 2.75) is 45.1 Å². The van der Waals surface area contributed by atoms with Gasteiger partial charge in [-0.05, 0) is 50.3 Å². The van der Waals surface area contributed by atoms with Gasteiger partial charge in [-0.1, -0.05) is 19.4 Å². The molecular formula is C17H27NO2. The normalized spacial score (nSPS) is 28.0. The number of allylic oxidation sites excluding steroid dienone is 3. The minimum absolute atomic E-state index is 0.217. The maximum Gasteiger partial charge on any atom is 0.103 e. The van der Waals surface area contributed by atoms with E-state index in [-0.39, 0.29) is 5.60 Å². The van der Waals surface area contributed by atoms with Gasteiger partial charge < -0.3 is 9.47 Å². The lowest BCUT2D eigenvalue weighted by molar-refractivity contribution is 0.0105. The van der Waals surface area contributed by atoms with E-state index in [9.17, 15) is 0 Å². The van der Waals surface area contributed by atoms with E-state index in [0.717, 1.165) is 51.3 Å². The minimum Gasteiger partial charge on any atom is -0.381 e. The SMILES string of the molecule is CCCCOC1(C)C=CC(/C=C\C2CCOCC2)=NC1. The van der Waals surface area contributed by atoms with Crippen molar-refractivity contribution >= 4 is 5.71 Å². The average Bonchev–Trinajstić information content (AvgIpc) is 2.48. The molecule has 0 spiro atoms. The topological polar surface area (TPSA) is 30.8 Å². The van der Waals surface area contributed by atoms with Crippen molar-refractivity contribution in [1.82, 2.24) is 0 Å². The molecule has 0 bridgehead atoms. The van der Waals surface area contributed by atoms with Crippen LogP contribution >= 0.6 is 0 Å². The highest BCUT2D eigenvalue weighted by atomic mass is 16.5. The monoisotopic (exact) mass is 277 g/mol. The summed E-state index contributed by atoms with van der Waals surface area (Å²) < 4.78 is 11.3. The Kier molecular flexibility index (Phi) is 5.99. The highest BCUT2D eigenvalue weighted by molar-refractivity contribution is 6.04. The molecule has 2 aliphatic heterocycles. The first-order valence-electron chi connectivity index (χ1n) is 7.85. The van der Waals surface area contributed by atoms with Gasteiger partial charge in [0.15, 0.2) is 0 Å². The van der Waals surface area contributed by atoms with Crippen LogP contribution < -0.4 is 0 Å². The lowest BCUT2D eigenvalue weighted by Crippen LogP contribution is -2.33. The quantitative estimate of drug-likeness (QED) is 0.695. The molecule has 0 saturated carbocycles. The Labute approximate surface area is 122 Å². The molecule has 1 unspecified atom stereocenters. The molecule has 0 aromatic heterocycles. The van der Waals surface area contributed by atoms with Crippen molar-refractivity contribution in [1.29, 1.82) is 0 Å². The molecule has 3 nitrogen and oxygen atoms in total. The molecule has 0 amide bonds. The molecular weight excluding hydrogens is 250 g/mol. The van der Waals surface area contributed by atoms with Gasteiger partial charge in [0.05, 0.1) is 12.3 Å². The molecule has 112 valence electrons.